The van der Waals surface area contributed by atoms with Crippen LogP contribution in [0, 0.1) is 0 Å². The molecule has 0 amide bonds. The Labute approximate surface area is 174 Å². The van der Waals surface area contributed by atoms with Crippen molar-refractivity contribution >= 4 is 41.3 Å². The molecule has 2 aromatic carbocycles. The largest absolute Gasteiger partial charge is 0.376 e. The van der Waals surface area contributed by atoms with Gasteiger partial charge in [-0.25, -0.2) is 0 Å². The Balaban J connectivity index is 0.00000210. The number of benzene rings is 2. The predicted octanol–water partition coefficient (Wildman–Crippen LogP) is 5.37. The van der Waals surface area contributed by atoms with Crippen LogP contribution in [0.3, 0.4) is 0 Å². The van der Waals surface area contributed by atoms with Crippen molar-refractivity contribution in [3.05, 3.63) is 69.4 Å². The smallest absolute Gasteiger partial charge is 0.156 e. The van der Waals surface area contributed by atoms with Crippen molar-refractivity contribution in [2.24, 2.45) is 0 Å². The van der Waals surface area contributed by atoms with Gasteiger partial charge < -0.3 is 15.2 Å². The Bertz CT molecular complexity index is 909. The fourth-order valence-electron chi connectivity index (χ4n) is 3.26. The van der Waals surface area contributed by atoms with E-state index in [4.69, 9.17) is 27.7 Å². The van der Waals surface area contributed by atoms with Gasteiger partial charge in [0.1, 0.15) is 5.69 Å². The Hall–Kier alpha value is -1.72. The highest BCUT2D eigenvalue weighted by molar-refractivity contribution is 6.33. The molecule has 0 spiro atoms. The van der Waals surface area contributed by atoms with E-state index in [9.17, 15) is 0 Å². The molecule has 4 rings (SSSR count). The summed E-state index contributed by atoms with van der Waals surface area (Å²) in [6, 6.07) is 13.6. The fourth-order valence-corrected chi connectivity index (χ4v) is 3.63. The molecule has 1 aliphatic heterocycles. The average Bonchev–Trinajstić information content (AvgIpc) is 2.99. The number of nitrogens with zero attached hydrogens (tertiary/aromatic N) is 1. The highest BCUT2D eigenvalue weighted by Gasteiger charge is 2.15. The number of fused-ring (bicyclic) bond motifs is 1. The van der Waals surface area contributed by atoms with Crippen LogP contribution in [0.15, 0.2) is 47.0 Å². The van der Waals surface area contributed by atoms with Gasteiger partial charge in [0.25, 0.3) is 0 Å². The third-order valence-corrected chi connectivity index (χ3v) is 5.19. The normalized spacial score (nSPS) is 13.4. The second kappa shape index (κ2) is 8.98. The van der Waals surface area contributed by atoms with Gasteiger partial charge in [0, 0.05) is 16.7 Å². The number of aromatic nitrogens is 1. The molecule has 7 heteroatoms. The first kappa shape index (κ1) is 20.0. The molecule has 0 unspecified atom stereocenters. The third-order valence-electron chi connectivity index (χ3n) is 4.62. The van der Waals surface area contributed by atoms with Gasteiger partial charge in [0.05, 0.1) is 17.3 Å². The van der Waals surface area contributed by atoms with Crippen LogP contribution in [0.1, 0.15) is 16.9 Å². The first-order valence-corrected chi connectivity index (χ1v) is 9.42. The topological polar surface area (TPSA) is 50.1 Å². The van der Waals surface area contributed by atoms with E-state index in [-0.39, 0.29) is 12.4 Å². The maximum Gasteiger partial charge on any atom is 0.156 e. The van der Waals surface area contributed by atoms with E-state index in [0.717, 1.165) is 53.7 Å². The summed E-state index contributed by atoms with van der Waals surface area (Å²) in [5.41, 5.74) is 5.40. The molecule has 4 nitrogen and oxygen atoms in total. The Kier molecular flexibility index (Phi) is 6.66. The SMILES string of the molecule is Cl.Clc1ccc(-c2cc(CNc3c(Cl)ccc4c3CCNCC4)on2)cc1. The molecule has 0 saturated carbocycles. The fraction of sp³-hybridized carbons (Fsp3) is 0.250. The lowest BCUT2D eigenvalue weighted by atomic mass is 10.0. The molecule has 0 aliphatic carbocycles. The molecule has 0 fully saturated rings. The molecule has 0 radical (unpaired) electrons. The van der Waals surface area contributed by atoms with Gasteiger partial charge in [-0.1, -0.05) is 46.6 Å². The molecule has 142 valence electrons. The Morgan fingerprint density at radius 3 is 2.63 bits per heavy atom. The molecule has 0 saturated heterocycles. The van der Waals surface area contributed by atoms with Gasteiger partial charge >= 0.3 is 0 Å². The summed E-state index contributed by atoms with van der Waals surface area (Å²) in [6.07, 6.45) is 1.98. The molecule has 2 heterocycles. The van der Waals surface area contributed by atoms with Crippen LogP contribution in [-0.4, -0.2) is 18.2 Å². The van der Waals surface area contributed by atoms with Crippen LogP contribution in [0.4, 0.5) is 5.69 Å². The molecule has 2 N–H and O–H groups in total. The molecule has 0 bridgehead atoms. The minimum absolute atomic E-state index is 0. The zero-order chi connectivity index (χ0) is 17.9. The van der Waals surface area contributed by atoms with Crippen molar-refractivity contribution in [3.8, 4) is 11.3 Å². The summed E-state index contributed by atoms with van der Waals surface area (Å²) < 4.78 is 5.48. The number of hydrogen-bond donors (Lipinski definition) is 2. The van der Waals surface area contributed by atoms with Crippen molar-refractivity contribution in [2.45, 2.75) is 19.4 Å². The van der Waals surface area contributed by atoms with Crippen LogP contribution in [0.25, 0.3) is 11.3 Å². The Morgan fingerprint density at radius 1 is 1.04 bits per heavy atom. The van der Waals surface area contributed by atoms with E-state index >= 15 is 0 Å². The molecule has 1 aromatic heterocycles. The maximum absolute atomic E-state index is 6.45. The summed E-state index contributed by atoms with van der Waals surface area (Å²) in [5.74, 6) is 0.760. The second-order valence-corrected chi connectivity index (χ2v) is 7.19. The minimum Gasteiger partial charge on any atom is -0.376 e. The number of halogens is 3. The van der Waals surface area contributed by atoms with Crippen LogP contribution in [0.5, 0.6) is 0 Å². The first-order valence-electron chi connectivity index (χ1n) is 8.67. The van der Waals surface area contributed by atoms with Crippen LogP contribution in [-0.2, 0) is 19.4 Å². The third kappa shape index (κ3) is 4.58. The van der Waals surface area contributed by atoms with Crippen molar-refractivity contribution < 1.29 is 4.52 Å². The van der Waals surface area contributed by atoms with Crippen LogP contribution < -0.4 is 10.6 Å². The average molecular weight is 425 g/mol. The zero-order valence-corrected chi connectivity index (χ0v) is 16.9. The number of anilines is 1. The molecule has 0 atom stereocenters. The highest BCUT2D eigenvalue weighted by atomic mass is 35.5. The van der Waals surface area contributed by atoms with Crippen molar-refractivity contribution in [2.75, 3.05) is 18.4 Å². The lowest BCUT2D eigenvalue weighted by Crippen LogP contribution is -2.16. The van der Waals surface area contributed by atoms with E-state index in [1.807, 2.05) is 36.4 Å². The van der Waals surface area contributed by atoms with Gasteiger partial charge in [-0.15, -0.1) is 12.4 Å². The molecule has 3 aromatic rings. The molecular weight excluding hydrogens is 405 g/mol. The van der Waals surface area contributed by atoms with Gasteiger partial charge in [-0.3, -0.25) is 0 Å². The predicted molar refractivity (Wildman–Crippen MR) is 113 cm³/mol. The van der Waals surface area contributed by atoms with Crippen molar-refractivity contribution in [3.63, 3.8) is 0 Å². The zero-order valence-electron chi connectivity index (χ0n) is 14.6. The van der Waals surface area contributed by atoms with Crippen molar-refractivity contribution in [1.29, 1.82) is 0 Å². The summed E-state index contributed by atoms with van der Waals surface area (Å²) >= 11 is 12.4. The van der Waals surface area contributed by atoms with E-state index in [1.165, 1.54) is 11.1 Å². The first-order chi connectivity index (χ1) is 12.7. The molecule has 1 aliphatic rings. The number of rotatable bonds is 4. The standard InChI is InChI=1S/C20H19Cl2N3O.ClH/c21-15-4-1-14(2-5-15)19-11-16(26-25-19)12-24-20-17-8-10-23-9-7-13(17)3-6-18(20)22;/h1-6,11,23-24H,7-10,12H2;1H. The minimum atomic E-state index is 0. The van der Waals surface area contributed by atoms with E-state index in [1.54, 1.807) is 0 Å². The van der Waals surface area contributed by atoms with Crippen molar-refractivity contribution in [1.82, 2.24) is 10.5 Å². The van der Waals surface area contributed by atoms with Gasteiger partial charge in [-0.05, 0) is 55.3 Å². The van der Waals surface area contributed by atoms with Crippen LogP contribution in [0.2, 0.25) is 10.0 Å². The lowest BCUT2D eigenvalue weighted by Gasteiger charge is -2.15. The number of hydrogen-bond acceptors (Lipinski definition) is 4. The summed E-state index contributed by atoms with van der Waals surface area (Å²) in [6.45, 7) is 2.50. The monoisotopic (exact) mass is 423 g/mol. The van der Waals surface area contributed by atoms with E-state index < -0.39 is 0 Å². The van der Waals surface area contributed by atoms with E-state index in [2.05, 4.69) is 21.9 Å². The number of nitrogens with one attached hydrogen (secondary N) is 2. The second-order valence-electron chi connectivity index (χ2n) is 6.35. The van der Waals surface area contributed by atoms with Gasteiger partial charge in [0.2, 0.25) is 0 Å². The van der Waals surface area contributed by atoms with Crippen LogP contribution >= 0.6 is 35.6 Å². The van der Waals surface area contributed by atoms with Gasteiger partial charge in [0.15, 0.2) is 5.76 Å². The summed E-state index contributed by atoms with van der Waals surface area (Å²) in [7, 11) is 0. The van der Waals surface area contributed by atoms with E-state index in [0.29, 0.717) is 11.6 Å². The highest BCUT2D eigenvalue weighted by Crippen LogP contribution is 2.31. The lowest BCUT2D eigenvalue weighted by molar-refractivity contribution is 0.390. The molecule has 27 heavy (non-hydrogen) atoms. The molecular formula is C20H20Cl3N3O. The quantitative estimate of drug-likeness (QED) is 0.591. The summed E-state index contributed by atoms with van der Waals surface area (Å²) in [5, 5.41) is 12.5. The Morgan fingerprint density at radius 2 is 1.81 bits per heavy atom. The summed E-state index contributed by atoms with van der Waals surface area (Å²) in [4.78, 5) is 0. The van der Waals surface area contributed by atoms with Gasteiger partial charge in [-0.2, -0.15) is 0 Å². The maximum atomic E-state index is 6.45.